The molecule has 0 aliphatic rings. The lowest BCUT2D eigenvalue weighted by Gasteiger charge is -2.38. The lowest BCUT2D eigenvalue weighted by Crippen LogP contribution is -2.43. The van der Waals surface area contributed by atoms with Crippen molar-refractivity contribution in [1.82, 2.24) is 0 Å². The zero-order chi connectivity index (χ0) is 24.9. The number of rotatable bonds is 6. The van der Waals surface area contributed by atoms with Crippen LogP contribution < -0.4 is 0 Å². The molecule has 0 heterocycles. The molecule has 0 spiro atoms. The first-order valence-corrected chi connectivity index (χ1v) is 16.9. The van der Waals surface area contributed by atoms with Gasteiger partial charge in [0.05, 0.1) is 0 Å². The molecule has 0 nitrogen and oxygen atoms in total. The molecule has 0 aromatic heterocycles. The van der Waals surface area contributed by atoms with Crippen LogP contribution in [0.4, 0.5) is 0 Å². The predicted octanol–water partition coefficient (Wildman–Crippen LogP) is 8.81. The molecule has 1 aromatic rings. The van der Waals surface area contributed by atoms with Crippen LogP contribution in [-0.4, -0.2) is 16.1 Å². The quantitative estimate of drug-likeness (QED) is 0.292. The summed E-state index contributed by atoms with van der Waals surface area (Å²) in [5, 5.41) is 0. The van der Waals surface area contributed by atoms with Gasteiger partial charge in [-0.05, 0) is 51.4 Å². The Morgan fingerprint density at radius 3 is 0.969 bits per heavy atom. The van der Waals surface area contributed by atoms with E-state index in [1.807, 2.05) is 0 Å². The third-order valence-electron chi connectivity index (χ3n) is 7.68. The van der Waals surface area contributed by atoms with E-state index in [2.05, 4.69) is 130 Å². The van der Waals surface area contributed by atoms with Gasteiger partial charge in [0.2, 0.25) is 0 Å². The Hall–Kier alpha value is -1.67. The summed E-state index contributed by atoms with van der Waals surface area (Å²) in [6.45, 7) is 28.2. The van der Waals surface area contributed by atoms with E-state index in [1.165, 1.54) is 0 Å². The van der Waals surface area contributed by atoms with Gasteiger partial charge in [-0.15, -0.1) is 17.5 Å². The van der Waals surface area contributed by atoms with Crippen LogP contribution in [0.2, 0.25) is 33.2 Å². The maximum absolute atomic E-state index is 5.81. The van der Waals surface area contributed by atoms with Crippen LogP contribution in [-0.2, 0) is 0 Å². The van der Waals surface area contributed by atoms with E-state index in [0.29, 0.717) is 33.2 Å². The van der Waals surface area contributed by atoms with E-state index in [9.17, 15) is 0 Å². The highest BCUT2D eigenvalue weighted by atomic mass is 28.3. The van der Waals surface area contributed by atoms with Crippen molar-refractivity contribution in [2.75, 3.05) is 0 Å². The second-order valence-electron chi connectivity index (χ2n) is 11.2. The van der Waals surface area contributed by atoms with Crippen molar-refractivity contribution < 1.29 is 0 Å². The van der Waals surface area contributed by atoms with Gasteiger partial charge in [0.15, 0.2) is 0 Å². The minimum atomic E-state index is -1.79. The molecule has 174 valence electrons. The summed E-state index contributed by atoms with van der Waals surface area (Å²) in [6.07, 6.45) is 5.81. The van der Waals surface area contributed by atoms with Gasteiger partial charge < -0.3 is 0 Å². The molecule has 32 heavy (non-hydrogen) atoms. The topological polar surface area (TPSA) is 0 Å². The monoisotopic (exact) mass is 462 g/mol. The van der Waals surface area contributed by atoms with E-state index in [1.54, 1.807) is 0 Å². The summed E-state index contributed by atoms with van der Waals surface area (Å²) >= 11 is 0. The molecule has 0 saturated carbocycles. The number of hydrogen-bond acceptors (Lipinski definition) is 0. The molecule has 2 heteroatoms. The summed E-state index contributed by atoms with van der Waals surface area (Å²) in [5.74, 6) is 9.97. The van der Waals surface area contributed by atoms with Crippen molar-refractivity contribution in [2.45, 2.75) is 116 Å². The molecule has 1 aromatic carbocycles. The maximum Gasteiger partial charge on any atom is 0.146 e. The summed E-state index contributed by atoms with van der Waals surface area (Å²) in [7, 11) is -3.58. The van der Waals surface area contributed by atoms with E-state index in [-0.39, 0.29) is 0 Å². The van der Waals surface area contributed by atoms with Crippen LogP contribution in [0.1, 0.15) is 99.8 Å². The zero-order valence-corrected chi connectivity index (χ0v) is 24.8. The third kappa shape index (κ3) is 5.82. The van der Waals surface area contributed by atoms with Gasteiger partial charge in [-0.3, -0.25) is 0 Å². The SMILES string of the molecule is C#Cc1cc(C#C[Si](C(C)C)(C(C)C)C(C)C)cc(C#C[Si](C(C)C)(C(C)C)C(C)C)c1. The Kier molecular flexibility index (Phi) is 10.2. The fourth-order valence-corrected chi connectivity index (χ4v) is 16.5. The van der Waals surface area contributed by atoms with E-state index in [0.717, 1.165) is 16.7 Å². The Morgan fingerprint density at radius 2 is 0.750 bits per heavy atom. The van der Waals surface area contributed by atoms with Crippen molar-refractivity contribution in [3.8, 4) is 35.3 Å². The highest BCUT2D eigenvalue weighted by Gasteiger charge is 2.42. The van der Waals surface area contributed by atoms with E-state index >= 15 is 0 Å². The Balaban J connectivity index is 3.65. The zero-order valence-electron chi connectivity index (χ0n) is 22.8. The second kappa shape index (κ2) is 11.5. The molecule has 0 N–H and O–H groups in total. The highest BCUT2D eigenvalue weighted by molar-refractivity contribution is 6.91. The first kappa shape index (κ1) is 28.4. The van der Waals surface area contributed by atoms with Crippen LogP contribution in [0.15, 0.2) is 18.2 Å². The van der Waals surface area contributed by atoms with Crippen LogP contribution in [0.5, 0.6) is 0 Å². The van der Waals surface area contributed by atoms with Crippen LogP contribution >= 0.6 is 0 Å². The fourth-order valence-electron chi connectivity index (χ4n) is 6.08. The standard InChI is InChI=1S/C30H46Si2/c1-14-28-19-29(15-17-31(22(2)3,23(4)5)24(6)7)21-30(20-28)16-18-32(25(8)9,26(10)11)27(12)13/h1,19-27H,2-13H3. The number of terminal acetylenes is 1. The first-order chi connectivity index (χ1) is 14.7. The summed E-state index contributed by atoms with van der Waals surface area (Å²) in [6, 6.07) is 6.26. The molecule has 1 rings (SSSR count). The molecule has 0 fully saturated rings. The molecule has 0 aliphatic carbocycles. The van der Waals surface area contributed by atoms with Crippen molar-refractivity contribution in [2.24, 2.45) is 0 Å². The summed E-state index contributed by atoms with van der Waals surface area (Å²) < 4.78 is 0. The van der Waals surface area contributed by atoms with Crippen LogP contribution in [0.25, 0.3) is 0 Å². The number of benzene rings is 1. The van der Waals surface area contributed by atoms with Gasteiger partial charge in [-0.1, -0.05) is 101 Å². The molecule has 0 bridgehead atoms. The average Bonchev–Trinajstić information content (AvgIpc) is 2.67. The van der Waals surface area contributed by atoms with Gasteiger partial charge in [-0.2, -0.15) is 0 Å². The first-order valence-electron chi connectivity index (χ1n) is 12.4. The Morgan fingerprint density at radius 1 is 0.500 bits per heavy atom. The molecule has 0 radical (unpaired) electrons. The molecule has 0 unspecified atom stereocenters. The van der Waals surface area contributed by atoms with Crippen molar-refractivity contribution in [1.29, 1.82) is 0 Å². The fraction of sp³-hybridized carbons (Fsp3) is 0.600. The lowest BCUT2D eigenvalue weighted by molar-refractivity contribution is 0.838. The van der Waals surface area contributed by atoms with Gasteiger partial charge in [0, 0.05) is 16.7 Å². The van der Waals surface area contributed by atoms with Gasteiger partial charge in [0.25, 0.3) is 0 Å². The molecule has 0 saturated heterocycles. The highest BCUT2D eigenvalue weighted by Crippen LogP contribution is 2.41. The minimum Gasteiger partial charge on any atom is -0.125 e. The van der Waals surface area contributed by atoms with Gasteiger partial charge in [-0.25, -0.2) is 0 Å². The molecule has 0 aliphatic heterocycles. The molecular formula is C30H46Si2. The third-order valence-corrected chi connectivity index (χ3v) is 20.3. The molecular weight excluding hydrogens is 417 g/mol. The lowest BCUT2D eigenvalue weighted by atomic mass is 10.1. The largest absolute Gasteiger partial charge is 0.146 e. The normalized spacial score (nSPS) is 12.3. The van der Waals surface area contributed by atoms with Crippen molar-refractivity contribution in [3.63, 3.8) is 0 Å². The van der Waals surface area contributed by atoms with Crippen molar-refractivity contribution >= 4 is 16.1 Å². The Bertz CT molecular complexity index is 819. The Labute approximate surface area is 202 Å². The predicted molar refractivity (Wildman–Crippen MR) is 150 cm³/mol. The summed E-state index contributed by atoms with van der Waals surface area (Å²) in [5.41, 5.74) is 14.2. The number of hydrogen-bond donors (Lipinski definition) is 0. The average molecular weight is 463 g/mol. The molecule has 0 amide bonds. The van der Waals surface area contributed by atoms with Crippen LogP contribution in [0, 0.1) is 35.3 Å². The second-order valence-corrected chi connectivity index (χ2v) is 22.4. The van der Waals surface area contributed by atoms with Crippen molar-refractivity contribution in [3.05, 3.63) is 34.9 Å². The maximum atomic E-state index is 5.81. The minimum absolute atomic E-state index is 0.611. The summed E-state index contributed by atoms with van der Waals surface area (Å²) in [4.78, 5) is 0. The van der Waals surface area contributed by atoms with Crippen LogP contribution in [0.3, 0.4) is 0 Å². The van der Waals surface area contributed by atoms with E-state index in [4.69, 9.17) is 6.42 Å². The van der Waals surface area contributed by atoms with Gasteiger partial charge >= 0.3 is 0 Å². The van der Waals surface area contributed by atoms with E-state index < -0.39 is 16.1 Å². The molecule has 0 atom stereocenters. The van der Waals surface area contributed by atoms with Gasteiger partial charge in [0.1, 0.15) is 16.1 Å². The smallest absolute Gasteiger partial charge is 0.125 e.